The van der Waals surface area contributed by atoms with Gasteiger partial charge < -0.3 is 4.67 Å². The van der Waals surface area contributed by atoms with E-state index in [0.717, 1.165) is 0 Å². The van der Waals surface area contributed by atoms with Crippen LogP contribution in [0.25, 0.3) is 0 Å². The Kier molecular flexibility index (Phi) is 4.56. The third-order valence-corrected chi connectivity index (χ3v) is 6.11. The quantitative estimate of drug-likeness (QED) is 0.642. The van der Waals surface area contributed by atoms with E-state index in [4.69, 9.17) is 0 Å². The molecule has 0 saturated carbocycles. The maximum Gasteiger partial charge on any atom is 0.0547 e. The predicted octanol–water partition coefficient (Wildman–Crippen LogP) is 4.48. The Hall–Kier alpha value is -2.11. The minimum absolute atomic E-state index is 0.565. The van der Waals surface area contributed by atoms with Crippen LogP contribution < -0.4 is 15.3 Å². The maximum absolute atomic E-state index is 2.40. The number of hydrogen-bond donors (Lipinski definition) is 0. The van der Waals surface area contributed by atoms with E-state index < -0.39 is 8.07 Å². The first-order chi connectivity index (χ1) is 10.8. The van der Waals surface area contributed by atoms with Crippen LogP contribution in [0.2, 0.25) is 0 Å². The summed E-state index contributed by atoms with van der Waals surface area (Å²) in [5.41, 5.74) is 2.55. The molecule has 3 aromatic carbocycles. The summed E-state index contributed by atoms with van der Waals surface area (Å²) < 4.78 is 2.40. The average molecular weight is 305 g/mol. The monoisotopic (exact) mass is 305 g/mol. The minimum Gasteiger partial charge on any atom is -0.346 e. The Balaban J connectivity index is 2.04. The van der Waals surface area contributed by atoms with Crippen LogP contribution >= 0.6 is 8.07 Å². The molecule has 0 aromatic heterocycles. The minimum atomic E-state index is -0.565. The highest BCUT2D eigenvalue weighted by Gasteiger charge is 2.19. The van der Waals surface area contributed by atoms with Crippen molar-refractivity contribution in [2.24, 2.45) is 0 Å². The van der Waals surface area contributed by atoms with Gasteiger partial charge in [0, 0.05) is 23.3 Å². The fourth-order valence-electron chi connectivity index (χ4n) is 2.51. The number of benzene rings is 3. The number of rotatable bonds is 4. The lowest BCUT2D eigenvalue weighted by molar-refractivity contribution is 1.33. The summed E-state index contributed by atoms with van der Waals surface area (Å²) in [7, 11) is 1.63. The fraction of sp³-hybridized carbons (Fsp3) is 0.100. The molecule has 0 radical (unpaired) electrons. The molecule has 3 aromatic rings. The van der Waals surface area contributed by atoms with E-state index >= 15 is 0 Å². The second kappa shape index (κ2) is 6.77. The molecule has 0 saturated heterocycles. The molecule has 0 aliphatic rings. The van der Waals surface area contributed by atoms with E-state index in [1.165, 1.54) is 21.9 Å². The Bertz CT molecular complexity index is 668. The van der Waals surface area contributed by atoms with Crippen LogP contribution in [-0.2, 0) is 0 Å². The van der Waals surface area contributed by atoms with Crippen LogP contribution in [-0.4, -0.2) is 7.05 Å². The van der Waals surface area contributed by atoms with Crippen molar-refractivity contribution < 1.29 is 0 Å². The molecule has 0 N–H and O–H groups in total. The smallest absolute Gasteiger partial charge is 0.0547 e. The molecule has 0 bridgehead atoms. The topological polar surface area (TPSA) is 3.24 Å². The molecule has 0 unspecified atom stereocenters. The van der Waals surface area contributed by atoms with E-state index in [9.17, 15) is 0 Å². The molecule has 22 heavy (non-hydrogen) atoms. The van der Waals surface area contributed by atoms with E-state index in [1.807, 2.05) is 0 Å². The van der Waals surface area contributed by atoms with Crippen molar-refractivity contribution in [3.63, 3.8) is 0 Å². The van der Waals surface area contributed by atoms with Crippen LogP contribution in [0.5, 0.6) is 0 Å². The van der Waals surface area contributed by atoms with E-state index in [0.29, 0.717) is 0 Å². The van der Waals surface area contributed by atoms with Crippen LogP contribution in [0.3, 0.4) is 0 Å². The van der Waals surface area contributed by atoms with Crippen molar-refractivity contribution in [2.75, 3.05) is 11.7 Å². The third kappa shape index (κ3) is 3.21. The fourth-order valence-corrected chi connectivity index (χ4v) is 4.77. The first-order valence-electron chi connectivity index (χ1n) is 7.46. The zero-order valence-corrected chi connectivity index (χ0v) is 13.9. The number of nitrogens with zero attached hydrogens (tertiary/aromatic N) is 1. The van der Waals surface area contributed by atoms with Crippen molar-refractivity contribution in [2.45, 2.75) is 6.92 Å². The molecule has 110 valence electrons. The zero-order chi connectivity index (χ0) is 15.4. The van der Waals surface area contributed by atoms with E-state index in [1.54, 1.807) is 0 Å². The van der Waals surface area contributed by atoms with Crippen molar-refractivity contribution in [3.05, 3.63) is 90.5 Å². The van der Waals surface area contributed by atoms with Crippen LogP contribution in [0, 0.1) is 6.92 Å². The third-order valence-electron chi connectivity index (χ3n) is 3.71. The highest BCUT2D eigenvalue weighted by Crippen LogP contribution is 2.40. The Morgan fingerprint density at radius 3 is 1.55 bits per heavy atom. The molecule has 0 fully saturated rings. The molecular formula is C20H20NP. The molecule has 0 aliphatic carbocycles. The van der Waals surface area contributed by atoms with Gasteiger partial charge in [-0.05, 0) is 19.1 Å². The van der Waals surface area contributed by atoms with Crippen molar-refractivity contribution in [1.82, 2.24) is 0 Å². The van der Waals surface area contributed by atoms with Gasteiger partial charge in [-0.3, -0.25) is 0 Å². The summed E-state index contributed by atoms with van der Waals surface area (Å²) in [5.74, 6) is 0. The number of aryl methyl sites for hydroxylation is 1. The molecule has 3 rings (SSSR count). The SMILES string of the molecule is Cc1ccc(N(C)P(c2ccccc2)c2ccccc2)cc1. The summed E-state index contributed by atoms with van der Waals surface area (Å²) in [6.07, 6.45) is 0. The zero-order valence-electron chi connectivity index (χ0n) is 13.0. The van der Waals surface area contributed by atoms with Gasteiger partial charge in [-0.2, -0.15) is 0 Å². The largest absolute Gasteiger partial charge is 0.346 e. The van der Waals surface area contributed by atoms with Crippen molar-refractivity contribution in [1.29, 1.82) is 0 Å². The Morgan fingerprint density at radius 2 is 1.09 bits per heavy atom. The summed E-state index contributed by atoms with van der Waals surface area (Å²) in [6.45, 7) is 2.13. The van der Waals surface area contributed by atoms with Gasteiger partial charge in [0.15, 0.2) is 0 Å². The first-order valence-corrected chi connectivity index (χ1v) is 8.76. The highest BCUT2D eigenvalue weighted by atomic mass is 31.1. The predicted molar refractivity (Wildman–Crippen MR) is 98.7 cm³/mol. The molecule has 0 spiro atoms. The lowest BCUT2D eigenvalue weighted by Crippen LogP contribution is -2.25. The maximum atomic E-state index is 2.40. The van der Waals surface area contributed by atoms with Gasteiger partial charge in [0.2, 0.25) is 0 Å². The van der Waals surface area contributed by atoms with Crippen molar-refractivity contribution >= 4 is 24.4 Å². The molecule has 2 heteroatoms. The van der Waals surface area contributed by atoms with Gasteiger partial charge in [-0.15, -0.1) is 0 Å². The lowest BCUT2D eigenvalue weighted by atomic mass is 10.2. The van der Waals surface area contributed by atoms with Gasteiger partial charge >= 0.3 is 0 Å². The number of anilines is 1. The van der Waals surface area contributed by atoms with Crippen molar-refractivity contribution in [3.8, 4) is 0 Å². The van der Waals surface area contributed by atoms with Crippen LogP contribution in [0.1, 0.15) is 5.56 Å². The van der Waals surface area contributed by atoms with Gasteiger partial charge in [0.05, 0.1) is 8.07 Å². The first kappa shape index (κ1) is 14.8. The van der Waals surface area contributed by atoms with Gasteiger partial charge in [0.1, 0.15) is 0 Å². The summed E-state index contributed by atoms with van der Waals surface area (Å²) >= 11 is 0. The van der Waals surface area contributed by atoms with Crippen LogP contribution in [0.4, 0.5) is 5.69 Å². The summed E-state index contributed by atoms with van der Waals surface area (Å²) in [4.78, 5) is 0. The van der Waals surface area contributed by atoms with Gasteiger partial charge in [0.25, 0.3) is 0 Å². The van der Waals surface area contributed by atoms with Gasteiger partial charge in [-0.25, -0.2) is 0 Å². The Labute approximate surface area is 134 Å². The summed E-state index contributed by atoms with van der Waals surface area (Å²) in [6, 6.07) is 30.3. The average Bonchev–Trinajstić information content (AvgIpc) is 2.57. The van der Waals surface area contributed by atoms with E-state index in [-0.39, 0.29) is 0 Å². The molecule has 1 nitrogen and oxygen atoms in total. The molecule has 0 aliphatic heterocycles. The normalized spacial score (nSPS) is 10.7. The second-order valence-corrected chi connectivity index (χ2v) is 7.60. The second-order valence-electron chi connectivity index (χ2n) is 5.34. The molecule has 0 atom stereocenters. The molecular weight excluding hydrogens is 285 g/mol. The lowest BCUT2D eigenvalue weighted by Gasteiger charge is -2.30. The number of hydrogen-bond acceptors (Lipinski definition) is 1. The van der Waals surface area contributed by atoms with Gasteiger partial charge in [-0.1, -0.05) is 78.4 Å². The van der Waals surface area contributed by atoms with Crippen LogP contribution in [0.15, 0.2) is 84.9 Å². The van der Waals surface area contributed by atoms with E-state index in [2.05, 4.69) is 104 Å². The Morgan fingerprint density at radius 1 is 0.636 bits per heavy atom. The summed E-state index contributed by atoms with van der Waals surface area (Å²) in [5, 5.41) is 2.73. The standard InChI is InChI=1S/C20H20NP/c1-17-13-15-18(16-14-17)21(2)22(19-9-5-3-6-10-19)20-11-7-4-8-12-20/h3-16H,1-2H3. The molecule has 0 amide bonds. The molecule has 0 heterocycles. The highest BCUT2D eigenvalue weighted by molar-refractivity contribution is 7.74.